The highest BCUT2D eigenvalue weighted by Crippen LogP contribution is 2.48. The van der Waals surface area contributed by atoms with Crippen LogP contribution in [-0.4, -0.2) is 24.5 Å². The number of amides is 1. The second kappa shape index (κ2) is 11.0. The summed E-state index contributed by atoms with van der Waals surface area (Å²) in [4.78, 5) is 27.5. The number of benzene rings is 3. The molecule has 2 aliphatic rings. The minimum Gasteiger partial charge on any atom is -0.494 e. The molecule has 3 aromatic rings. The van der Waals surface area contributed by atoms with Crippen LogP contribution in [-0.2, 0) is 9.59 Å². The molecule has 0 fully saturated rings. The quantitative estimate of drug-likeness (QED) is 0.337. The summed E-state index contributed by atoms with van der Waals surface area (Å²) in [5.41, 5.74) is 2.50. The number of nitrogens with one attached hydrogen (secondary N) is 1. The Hall–Kier alpha value is -4.07. The Bertz CT molecular complexity index is 1380. The van der Waals surface area contributed by atoms with E-state index in [2.05, 4.69) is 12.2 Å². The molecule has 202 valence electrons. The molecule has 5 rings (SSSR count). The number of unbranched alkanes of at least 4 members (excludes halogenated alkanes) is 1. The van der Waals surface area contributed by atoms with Gasteiger partial charge >= 0.3 is 12.1 Å². The number of para-hydroxylation sites is 2. The summed E-state index contributed by atoms with van der Waals surface area (Å²) >= 11 is 0. The van der Waals surface area contributed by atoms with Crippen molar-refractivity contribution >= 4 is 23.1 Å². The van der Waals surface area contributed by atoms with Crippen LogP contribution in [0.2, 0.25) is 0 Å². The maximum atomic E-state index is 14.0. The van der Waals surface area contributed by atoms with Crippen LogP contribution in [0.4, 0.5) is 24.5 Å². The Balaban J connectivity index is 1.58. The average molecular weight is 535 g/mol. The Kier molecular flexibility index (Phi) is 7.46. The first-order valence-electron chi connectivity index (χ1n) is 13.1. The molecular weight excluding hydrogens is 505 g/mol. The summed E-state index contributed by atoms with van der Waals surface area (Å²) in [5, 5.41) is 3.25. The minimum absolute atomic E-state index is 0.0704. The number of carbonyl (C=O) groups excluding carboxylic acids is 2. The van der Waals surface area contributed by atoms with Gasteiger partial charge in [-0.25, -0.2) is 0 Å². The highest BCUT2D eigenvalue weighted by Gasteiger charge is 2.49. The number of rotatable bonds is 6. The van der Waals surface area contributed by atoms with Crippen molar-refractivity contribution in [1.82, 2.24) is 0 Å². The molecule has 39 heavy (non-hydrogen) atoms. The van der Waals surface area contributed by atoms with Crippen LogP contribution in [0.15, 0.2) is 90.1 Å². The Labute approximate surface area is 225 Å². The van der Waals surface area contributed by atoms with Crippen LogP contribution < -0.4 is 15.0 Å². The van der Waals surface area contributed by atoms with Crippen LogP contribution in [0.1, 0.15) is 55.7 Å². The van der Waals surface area contributed by atoms with Crippen molar-refractivity contribution in [2.24, 2.45) is 0 Å². The van der Waals surface area contributed by atoms with E-state index in [9.17, 15) is 22.8 Å². The molecular formula is C31H29F3N2O3. The van der Waals surface area contributed by atoms with Crippen LogP contribution >= 0.6 is 0 Å². The molecule has 0 spiro atoms. The first-order valence-corrected chi connectivity index (χ1v) is 13.1. The van der Waals surface area contributed by atoms with E-state index in [1.165, 1.54) is 6.07 Å². The number of anilines is 2. The Morgan fingerprint density at radius 1 is 0.949 bits per heavy atom. The van der Waals surface area contributed by atoms with Gasteiger partial charge in [0.2, 0.25) is 0 Å². The summed E-state index contributed by atoms with van der Waals surface area (Å²) in [5.74, 6) is -1.74. The van der Waals surface area contributed by atoms with E-state index in [1.807, 2.05) is 24.3 Å². The fourth-order valence-corrected chi connectivity index (χ4v) is 5.31. The van der Waals surface area contributed by atoms with Crippen molar-refractivity contribution in [3.8, 4) is 5.75 Å². The van der Waals surface area contributed by atoms with Gasteiger partial charge in [0, 0.05) is 17.7 Å². The zero-order valence-electron chi connectivity index (χ0n) is 21.5. The Morgan fingerprint density at radius 3 is 2.33 bits per heavy atom. The number of ketones is 1. The molecule has 3 aromatic carbocycles. The number of allylic oxidation sites excluding steroid dienone is 1. The van der Waals surface area contributed by atoms with Gasteiger partial charge in [-0.05, 0) is 54.2 Å². The molecule has 1 aliphatic carbocycles. The van der Waals surface area contributed by atoms with Crippen molar-refractivity contribution in [2.75, 3.05) is 16.8 Å². The highest BCUT2D eigenvalue weighted by molar-refractivity contribution is 6.07. The topological polar surface area (TPSA) is 58.6 Å². The van der Waals surface area contributed by atoms with Crippen LogP contribution in [0.25, 0.3) is 0 Å². The van der Waals surface area contributed by atoms with Gasteiger partial charge in [0.1, 0.15) is 5.75 Å². The van der Waals surface area contributed by atoms with Crippen molar-refractivity contribution in [3.05, 3.63) is 101 Å². The zero-order chi connectivity index (χ0) is 27.6. The number of nitrogens with zero attached hydrogens (tertiary/aromatic N) is 1. The van der Waals surface area contributed by atoms with Gasteiger partial charge in [-0.2, -0.15) is 13.2 Å². The lowest BCUT2D eigenvalue weighted by atomic mass is 9.78. The van der Waals surface area contributed by atoms with Crippen molar-refractivity contribution in [2.45, 2.75) is 50.7 Å². The lowest BCUT2D eigenvalue weighted by molar-refractivity contribution is -0.170. The van der Waals surface area contributed by atoms with E-state index in [1.54, 1.807) is 48.5 Å². The van der Waals surface area contributed by atoms with Gasteiger partial charge in [0.25, 0.3) is 0 Å². The van der Waals surface area contributed by atoms with Gasteiger partial charge in [-0.3, -0.25) is 14.5 Å². The number of Topliss-reactive ketones (excluding diaryl/α,β-unsaturated/α-hetero) is 1. The molecule has 1 N–H and O–H groups in total. The lowest BCUT2D eigenvalue weighted by Gasteiger charge is -2.35. The van der Waals surface area contributed by atoms with Gasteiger partial charge in [-0.15, -0.1) is 0 Å². The second-order valence-corrected chi connectivity index (χ2v) is 9.82. The predicted molar refractivity (Wildman–Crippen MR) is 144 cm³/mol. The molecule has 0 unspecified atom stereocenters. The summed E-state index contributed by atoms with van der Waals surface area (Å²) < 4.78 is 47.6. The third kappa shape index (κ3) is 5.41. The van der Waals surface area contributed by atoms with Crippen molar-refractivity contribution in [1.29, 1.82) is 0 Å². The minimum atomic E-state index is -5.13. The van der Waals surface area contributed by atoms with E-state index in [-0.39, 0.29) is 29.4 Å². The molecule has 2 atom stereocenters. The van der Waals surface area contributed by atoms with Crippen molar-refractivity contribution in [3.63, 3.8) is 0 Å². The lowest BCUT2D eigenvalue weighted by Crippen LogP contribution is -2.45. The predicted octanol–water partition coefficient (Wildman–Crippen LogP) is 7.33. The van der Waals surface area contributed by atoms with Gasteiger partial charge in [-0.1, -0.05) is 67.9 Å². The van der Waals surface area contributed by atoms with Gasteiger partial charge in [0.15, 0.2) is 5.78 Å². The first-order chi connectivity index (χ1) is 18.8. The van der Waals surface area contributed by atoms with E-state index in [4.69, 9.17) is 4.74 Å². The van der Waals surface area contributed by atoms with E-state index >= 15 is 0 Å². The number of ether oxygens (including phenoxy) is 1. The standard InChI is InChI=1S/C31H29F3N2O3/c1-2-3-17-39-23-15-13-20(14-16-23)22-18-25-28(27(37)19-22)29(21-9-5-4-6-10-21)36(30(38)31(32,33)34)26-12-8-7-11-24(26)35-25/h4-16,22,29,35H,2-3,17-19H2,1H3/t22-,29+/m0/s1. The number of halogens is 3. The Morgan fingerprint density at radius 2 is 1.64 bits per heavy atom. The maximum absolute atomic E-state index is 14.0. The molecule has 0 radical (unpaired) electrons. The maximum Gasteiger partial charge on any atom is 0.471 e. The van der Waals surface area contributed by atoms with E-state index in [0.29, 0.717) is 30.0 Å². The summed E-state index contributed by atoms with van der Waals surface area (Å²) in [7, 11) is 0. The molecule has 1 amide bonds. The molecule has 8 heteroatoms. The van der Waals surface area contributed by atoms with Gasteiger partial charge < -0.3 is 10.1 Å². The van der Waals surface area contributed by atoms with Crippen LogP contribution in [0.5, 0.6) is 5.75 Å². The molecule has 0 bridgehead atoms. The van der Waals surface area contributed by atoms with Crippen molar-refractivity contribution < 1.29 is 27.5 Å². The average Bonchev–Trinajstić information content (AvgIpc) is 3.07. The van der Waals surface area contributed by atoms with Crippen LogP contribution in [0.3, 0.4) is 0 Å². The fourth-order valence-electron chi connectivity index (χ4n) is 5.31. The smallest absolute Gasteiger partial charge is 0.471 e. The van der Waals surface area contributed by atoms with Gasteiger partial charge in [0.05, 0.1) is 24.0 Å². The summed E-state index contributed by atoms with van der Waals surface area (Å²) in [6, 6.07) is 21.2. The number of carbonyl (C=O) groups is 2. The SMILES string of the molecule is CCCCOc1ccc([C@@H]2CC(=O)C3=C(C2)Nc2ccccc2N(C(=O)C(F)(F)F)[C@@H]3c2ccccc2)cc1. The molecule has 1 heterocycles. The summed E-state index contributed by atoms with van der Waals surface area (Å²) in [6.07, 6.45) is -2.62. The summed E-state index contributed by atoms with van der Waals surface area (Å²) in [6.45, 7) is 2.72. The van der Waals surface area contributed by atoms with E-state index in [0.717, 1.165) is 29.1 Å². The zero-order valence-corrected chi connectivity index (χ0v) is 21.5. The number of hydrogen-bond acceptors (Lipinski definition) is 4. The monoisotopic (exact) mass is 534 g/mol. The normalized spacial score (nSPS) is 19.1. The number of hydrogen-bond donors (Lipinski definition) is 1. The molecule has 5 nitrogen and oxygen atoms in total. The molecule has 0 aromatic heterocycles. The molecule has 0 saturated carbocycles. The first kappa shape index (κ1) is 26.5. The number of fused-ring (bicyclic) bond motifs is 1. The third-order valence-electron chi connectivity index (χ3n) is 7.18. The van der Waals surface area contributed by atoms with Crippen LogP contribution in [0, 0.1) is 0 Å². The number of alkyl halides is 3. The fraction of sp³-hybridized carbons (Fsp3) is 0.290. The third-order valence-corrected chi connectivity index (χ3v) is 7.18. The largest absolute Gasteiger partial charge is 0.494 e. The molecule has 0 saturated heterocycles. The molecule has 1 aliphatic heterocycles. The highest BCUT2D eigenvalue weighted by atomic mass is 19.4. The second-order valence-electron chi connectivity index (χ2n) is 9.82. The van der Waals surface area contributed by atoms with E-state index < -0.39 is 18.1 Å².